The fourth-order valence-corrected chi connectivity index (χ4v) is 7.91. The Balaban J connectivity index is 0.000000380. The maximum Gasteiger partial charge on any atom is 0.508 e. The standard InChI is InChI=1S/2C29H34N4O3.4BrH/c1-3-30-16-17-31(23-30)14-8-9-15-32-18-19-33(24-32)20-26-11-6-7-13-28(26)22-36-29(34)35-21-27-12-5-4-10-25(27)2;1-3-35-29(34)36-22-28-13-7-6-12-27(28)21-33-19-17-31(24-33)15-9-8-14-30-16-18-32(23-30)20-26-11-5-4-10-25(26)2;;;;/h2*4-13,16-19,23-24H,3,14-15,20-22H2,1-2H3;4*1H/q2*+2;;;;/p-4/b2*9-8+;;;;. The van der Waals surface area contributed by atoms with E-state index in [0.29, 0.717) is 19.7 Å². The van der Waals surface area contributed by atoms with Crippen molar-refractivity contribution in [3.63, 3.8) is 0 Å². The molecule has 4 heterocycles. The Labute approximate surface area is 489 Å². The summed E-state index contributed by atoms with van der Waals surface area (Å²) in [7, 11) is 0. The molecule has 0 amide bonds. The molecule has 0 saturated heterocycles. The van der Waals surface area contributed by atoms with Crippen LogP contribution in [0.5, 0.6) is 0 Å². The number of aromatic nitrogens is 8. The van der Waals surface area contributed by atoms with E-state index in [0.717, 1.165) is 72.6 Å². The molecule has 0 saturated carbocycles. The summed E-state index contributed by atoms with van der Waals surface area (Å²) >= 11 is 0. The molecule has 0 bridgehead atoms. The summed E-state index contributed by atoms with van der Waals surface area (Å²) in [5, 5.41) is 0. The number of allylic oxidation sites excluding steroid dienone is 4. The molecule has 4 aromatic heterocycles. The van der Waals surface area contributed by atoms with Crippen LogP contribution in [0.3, 0.4) is 0 Å². The highest BCUT2D eigenvalue weighted by Crippen LogP contribution is 2.14. The molecule has 0 fully saturated rings. The Kier molecular flexibility index (Phi) is 28.9. The van der Waals surface area contributed by atoms with Crippen molar-refractivity contribution < 1.29 is 115 Å². The third-order valence-corrected chi connectivity index (χ3v) is 12.1. The fraction of sp³-hybridized carbons (Fsp3) is 0.276. The molecule has 0 spiro atoms. The minimum Gasteiger partial charge on any atom is -1.00 e. The molecule has 18 heteroatoms. The van der Waals surface area contributed by atoms with E-state index in [2.05, 4.69) is 186 Å². The lowest BCUT2D eigenvalue weighted by Gasteiger charge is -2.10. The summed E-state index contributed by atoms with van der Waals surface area (Å²) < 4.78 is 38.0. The highest BCUT2D eigenvalue weighted by molar-refractivity contribution is 5.60. The zero-order chi connectivity index (χ0) is 50.3. The van der Waals surface area contributed by atoms with Gasteiger partial charge in [-0.15, -0.1) is 0 Å². The lowest BCUT2D eigenvalue weighted by atomic mass is 10.1. The second-order valence-corrected chi connectivity index (χ2v) is 17.4. The summed E-state index contributed by atoms with van der Waals surface area (Å²) in [6, 6.07) is 32.3. The van der Waals surface area contributed by atoms with Gasteiger partial charge in [-0.2, -0.15) is 0 Å². The van der Waals surface area contributed by atoms with E-state index in [1.807, 2.05) is 67.6 Å². The molecule has 76 heavy (non-hydrogen) atoms. The molecule has 0 aliphatic rings. The van der Waals surface area contributed by atoms with E-state index in [9.17, 15) is 9.59 Å². The number of rotatable bonds is 22. The Morgan fingerprint density at radius 2 is 0.763 bits per heavy atom. The SMILES string of the molecule is CCOC(=O)OCc1ccccc1C[n+]1ccn(C/C=C/Cn2cc[n+](Cc3ccccc3C)c2)c1.CCn1cc[n+](C/C=C/Cn2cc[n+](Cc3ccccc3COC(=O)OCc3ccccc3C)c2)c1.[Br-].[Br-].[Br-].[Br-]. The van der Waals surface area contributed by atoms with Crippen molar-refractivity contribution in [2.45, 2.75) is 99.9 Å². The molecule has 0 radical (unpaired) electrons. The number of imidazole rings is 4. The van der Waals surface area contributed by atoms with Crippen LogP contribution in [-0.4, -0.2) is 37.2 Å². The predicted molar refractivity (Wildman–Crippen MR) is 272 cm³/mol. The fourth-order valence-electron chi connectivity index (χ4n) is 7.91. The lowest BCUT2D eigenvalue weighted by molar-refractivity contribution is -0.688. The van der Waals surface area contributed by atoms with Crippen molar-refractivity contribution in [2.75, 3.05) is 6.61 Å². The summed E-state index contributed by atoms with van der Waals surface area (Å²) in [4.78, 5) is 23.7. The Morgan fingerprint density at radius 3 is 1.20 bits per heavy atom. The highest BCUT2D eigenvalue weighted by atomic mass is 79.9. The summed E-state index contributed by atoms with van der Waals surface area (Å²) in [6.45, 7) is 15.4. The van der Waals surface area contributed by atoms with Gasteiger partial charge < -0.3 is 86.9 Å². The van der Waals surface area contributed by atoms with Crippen LogP contribution in [-0.2, 0) is 91.1 Å². The van der Waals surface area contributed by atoms with Gasteiger partial charge in [-0.25, -0.2) is 46.1 Å². The molecule has 8 rings (SSSR count). The van der Waals surface area contributed by atoms with Crippen LogP contribution in [0.4, 0.5) is 9.59 Å². The molecule has 0 atom stereocenters. The number of hydrogen-bond acceptors (Lipinski definition) is 6. The Bertz CT molecular complexity index is 3040. The van der Waals surface area contributed by atoms with Gasteiger partial charge in [-0.05, 0) is 85.4 Å². The van der Waals surface area contributed by atoms with Crippen LogP contribution < -0.4 is 86.2 Å². The van der Waals surface area contributed by atoms with Gasteiger partial charge in [0, 0.05) is 11.1 Å². The largest absolute Gasteiger partial charge is 1.00 e. The average Bonchev–Trinajstić information content (AvgIpc) is 4.24. The normalized spacial score (nSPS) is 10.6. The number of halogens is 4. The van der Waals surface area contributed by atoms with Gasteiger partial charge in [-0.3, -0.25) is 0 Å². The van der Waals surface area contributed by atoms with Crippen molar-refractivity contribution >= 4 is 12.3 Å². The van der Waals surface area contributed by atoms with E-state index in [4.69, 9.17) is 18.9 Å². The molecule has 14 nitrogen and oxygen atoms in total. The van der Waals surface area contributed by atoms with Crippen molar-refractivity contribution in [1.82, 2.24) is 18.3 Å². The van der Waals surface area contributed by atoms with E-state index in [1.165, 1.54) is 11.1 Å². The first-order valence-corrected chi connectivity index (χ1v) is 24.5. The first-order chi connectivity index (χ1) is 35.2. The molecule has 0 N–H and O–H groups in total. The molecule has 0 aliphatic carbocycles. The van der Waals surface area contributed by atoms with Crippen LogP contribution in [0.2, 0.25) is 0 Å². The first-order valence-electron chi connectivity index (χ1n) is 24.5. The number of benzene rings is 4. The topological polar surface area (TPSA) is 106 Å². The van der Waals surface area contributed by atoms with Crippen molar-refractivity contribution in [2.24, 2.45) is 0 Å². The van der Waals surface area contributed by atoms with Gasteiger partial charge in [0.25, 0.3) is 0 Å². The predicted octanol–water partition coefficient (Wildman–Crippen LogP) is -3.43. The van der Waals surface area contributed by atoms with Gasteiger partial charge >= 0.3 is 12.3 Å². The minimum atomic E-state index is -0.664. The summed E-state index contributed by atoms with van der Waals surface area (Å²) in [5.74, 6) is 0. The van der Waals surface area contributed by atoms with Gasteiger partial charge in [0.1, 0.15) is 115 Å². The maximum atomic E-state index is 12.1. The van der Waals surface area contributed by atoms with Crippen LogP contribution in [0.15, 0.2) is 196 Å². The van der Waals surface area contributed by atoms with Gasteiger partial charge in [0.05, 0.1) is 13.2 Å². The molecule has 4 aromatic carbocycles. The molecule has 0 unspecified atom stereocenters. The molecule has 0 aliphatic heterocycles. The minimum absolute atomic E-state index is 0. The number of ether oxygens (including phenoxy) is 4. The van der Waals surface area contributed by atoms with Crippen molar-refractivity contribution in [3.05, 3.63) is 241 Å². The number of nitrogens with zero attached hydrogens (tertiary/aromatic N) is 8. The zero-order valence-electron chi connectivity index (χ0n) is 43.5. The van der Waals surface area contributed by atoms with Crippen LogP contribution in [0.25, 0.3) is 0 Å². The zero-order valence-corrected chi connectivity index (χ0v) is 49.8. The monoisotopic (exact) mass is 1290 g/mol. The van der Waals surface area contributed by atoms with Crippen LogP contribution in [0, 0.1) is 13.8 Å². The Hall–Kier alpha value is -6.34. The summed E-state index contributed by atoms with van der Waals surface area (Å²) in [5.41, 5.74) is 8.84. The van der Waals surface area contributed by atoms with E-state index in [-0.39, 0.29) is 87.7 Å². The summed E-state index contributed by atoms with van der Waals surface area (Å²) in [6.07, 6.45) is 32.4. The third-order valence-electron chi connectivity index (χ3n) is 12.1. The molecular weight excluding hydrogens is 1220 g/mol. The second-order valence-electron chi connectivity index (χ2n) is 17.4. The first kappa shape index (κ1) is 63.9. The molecule has 404 valence electrons. The number of carbonyl (C=O) groups excluding carboxylic acids is 2. The number of carbonyl (C=O) groups is 2. The quantitative estimate of drug-likeness (QED) is 0.0398. The highest BCUT2D eigenvalue weighted by Gasteiger charge is 2.14. The smallest absolute Gasteiger partial charge is 0.508 e. The van der Waals surface area contributed by atoms with Gasteiger partial charge in [-0.1, -0.05) is 97.1 Å². The second kappa shape index (κ2) is 34.3. The van der Waals surface area contributed by atoms with Gasteiger partial charge in [0.2, 0.25) is 25.3 Å². The van der Waals surface area contributed by atoms with Crippen LogP contribution >= 0.6 is 0 Å². The molecular formula is C58H68Br4N8O6. The average molecular weight is 1290 g/mol. The van der Waals surface area contributed by atoms with E-state index >= 15 is 0 Å². The molecule has 8 aromatic rings. The lowest BCUT2D eigenvalue weighted by Crippen LogP contribution is -3.00. The Morgan fingerprint density at radius 1 is 0.421 bits per heavy atom. The van der Waals surface area contributed by atoms with Crippen molar-refractivity contribution in [3.8, 4) is 0 Å². The van der Waals surface area contributed by atoms with E-state index < -0.39 is 12.3 Å². The third kappa shape index (κ3) is 21.0. The van der Waals surface area contributed by atoms with Gasteiger partial charge in [0.15, 0.2) is 0 Å². The van der Waals surface area contributed by atoms with Crippen molar-refractivity contribution in [1.29, 1.82) is 0 Å². The number of hydrogen-bond donors (Lipinski definition) is 0. The van der Waals surface area contributed by atoms with E-state index in [1.54, 1.807) is 6.92 Å². The number of aryl methyl sites for hydroxylation is 3. The maximum absolute atomic E-state index is 12.1. The van der Waals surface area contributed by atoms with Crippen LogP contribution in [0.1, 0.15) is 58.4 Å².